The van der Waals surface area contributed by atoms with Crippen LogP contribution in [0.2, 0.25) is 0 Å². The third-order valence-corrected chi connectivity index (χ3v) is 9.60. The first kappa shape index (κ1) is 26.2. The Morgan fingerprint density at radius 3 is 2.40 bits per heavy atom. The van der Waals surface area contributed by atoms with Crippen molar-refractivity contribution in [2.75, 3.05) is 27.3 Å². The second-order valence-corrected chi connectivity index (χ2v) is 11.8. The highest BCUT2D eigenvalue weighted by atomic mass is 32.2. The minimum atomic E-state index is -3.70. The molecule has 0 bridgehead atoms. The van der Waals surface area contributed by atoms with Crippen molar-refractivity contribution < 1.29 is 27.5 Å². The first-order valence-electron chi connectivity index (χ1n) is 13.0. The van der Waals surface area contributed by atoms with Crippen LogP contribution in [0, 0.1) is 0 Å². The normalized spacial score (nSPS) is 16.4. The molecule has 0 unspecified atom stereocenters. The molecular weight excluding hydrogens is 532 g/mol. The number of amides is 2. The van der Waals surface area contributed by atoms with E-state index in [2.05, 4.69) is 15.6 Å². The molecule has 40 heavy (non-hydrogen) atoms. The number of piperidine rings is 1. The smallest absolute Gasteiger partial charge is 0.259 e. The van der Waals surface area contributed by atoms with Crippen LogP contribution < -0.4 is 20.1 Å². The summed E-state index contributed by atoms with van der Waals surface area (Å²) in [5.74, 6) is 0.109. The monoisotopic (exact) mass is 560 g/mol. The number of carbonyl (C=O) groups is 2. The third kappa shape index (κ3) is 4.36. The van der Waals surface area contributed by atoms with Crippen molar-refractivity contribution >= 4 is 43.5 Å². The molecule has 1 fully saturated rings. The largest absolute Gasteiger partial charge is 0.493 e. The molecule has 4 aromatic rings. The molecule has 3 aromatic carbocycles. The number of methoxy groups -OCH3 is 2. The van der Waals surface area contributed by atoms with E-state index in [9.17, 15) is 18.0 Å². The van der Waals surface area contributed by atoms with Crippen LogP contribution in [0.4, 0.5) is 0 Å². The molecule has 2 N–H and O–H groups in total. The zero-order valence-corrected chi connectivity index (χ0v) is 22.9. The van der Waals surface area contributed by atoms with Gasteiger partial charge in [-0.15, -0.1) is 0 Å². The summed E-state index contributed by atoms with van der Waals surface area (Å²) in [6, 6.07) is 14.2. The predicted molar refractivity (Wildman–Crippen MR) is 149 cm³/mol. The number of nitrogens with one attached hydrogen (secondary N) is 2. The van der Waals surface area contributed by atoms with Crippen LogP contribution in [0.1, 0.15) is 39.1 Å². The Morgan fingerprint density at radius 1 is 0.975 bits per heavy atom. The number of pyridine rings is 1. The van der Waals surface area contributed by atoms with E-state index in [-0.39, 0.29) is 10.9 Å². The highest BCUT2D eigenvalue weighted by Gasteiger charge is 2.33. The van der Waals surface area contributed by atoms with Gasteiger partial charge in [-0.2, -0.15) is 4.31 Å². The van der Waals surface area contributed by atoms with Gasteiger partial charge in [0.05, 0.1) is 30.9 Å². The SMILES string of the molecule is COc1cc2c(CNC3CCN(S(=O)(=O)c4cccc5cccnc45)CC3)cc3c(c2cc1OC)C(=O)NC3=O. The lowest BCUT2D eigenvalue weighted by molar-refractivity contribution is 0.0880. The number of rotatable bonds is 7. The summed E-state index contributed by atoms with van der Waals surface area (Å²) in [4.78, 5) is 29.6. The molecule has 0 saturated carbocycles. The highest BCUT2D eigenvalue weighted by Crippen LogP contribution is 2.38. The number of hydrogen-bond acceptors (Lipinski definition) is 8. The Hall–Kier alpha value is -4.06. The van der Waals surface area contributed by atoms with Crippen molar-refractivity contribution in [3.8, 4) is 11.5 Å². The maximum atomic E-state index is 13.5. The predicted octanol–water partition coefficient (Wildman–Crippen LogP) is 3.23. The fourth-order valence-corrected chi connectivity index (χ4v) is 7.24. The number of sulfonamides is 1. The number of hydrogen-bond donors (Lipinski definition) is 2. The van der Waals surface area contributed by atoms with Gasteiger partial charge >= 0.3 is 0 Å². The molecule has 206 valence electrons. The second-order valence-electron chi connectivity index (χ2n) is 9.88. The standard InChI is InChI=1S/C29H28N4O6S/c1-38-23-14-20-18(13-22-26(29(35)32-28(22)34)21(20)15-24(23)39-2)16-31-19-8-11-33(12-9-19)40(36,37)25-7-3-5-17-6-4-10-30-27(17)25/h3-7,10,13-15,19,31H,8-9,11-12,16H2,1-2H3,(H,32,34,35). The molecule has 3 heterocycles. The summed E-state index contributed by atoms with van der Waals surface area (Å²) in [5.41, 5.74) is 1.96. The molecule has 2 aliphatic rings. The van der Waals surface area contributed by atoms with Crippen LogP contribution in [-0.4, -0.2) is 62.9 Å². The number of para-hydroxylation sites is 1. The van der Waals surface area contributed by atoms with E-state index in [4.69, 9.17) is 9.47 Å². The maximum absolute atomic E-state index is 13.5. The fourth-order valence-electron chi connectivity index (χ4n) is 5.60. The van der Waals surface area contributed by atoms with Gasteiger partial charge in [0.1, 0.15) is 4.90 Å². The average molecular weight is 561 g/mol. The number of nitrogens with zero attached hydrogens (tertiary/aromatic N) is 2. The highest BCUT2D eigenvalue weighted by molar-refractivity contribution is 7.89. The van der Waals surface area contributed by atoms with Crippen LogP contribution in [0.15, 0.2) is 59.6 Å². The van der Waals surface area contributed by atoms with E-state index in [0.29, 0.717) is 66.0 Å². The van der Waals surface area contributed by atoms with Gasteiger partial charge in [0.15, 0.2) is 11.5 Å². The number of aromatic nitrogens is 1. The summed E-state index contributed by atoms with van der Waals surface area (Å²) in [6.45, 7) is 1.16. The lowest BCUT2D eigenvalue weighted by Gasteiger charge is -2.32. The molecule has 0 spiro atoms. The van der Waals surface area contributed by atoms with Crippen molar-refractivity contribution in [1.29, 1.82) is 0 Å². The van der Waals surface area contributed by atoms with Crippen molar-refractivity contribution in [3.63, 3.8) is 0 Å². The summed E-state index contributed by atoms with van der Waals surface area (Å²) in [7, 11) is -0.639. The summed E-state index contributed by atoms with van der Waals surface area (Å²) < 4.78 is 39.4. The number of benzene rings is 3. The van der Waals surface area contributed by atoms with Gasteiger partial charge in [-0.25, -0.2) is 8.42 Å². The molecular formula is C29H28N4O6S. The van der Waals surface area contributed by atoms with Crippen molar-refractivity contribution in [2.45, 2.75) is 30.3 Å². The van der Waals surface area contributed by atoms with Gasteiger partial charge in [-0.1, -0.05) is 18.2 Å². The summed E-state index contributed by atoms with van der Waals surface area (Å²) >= 11 is 0. The lowest BCUT2D eigenvalue weighted by atomic mass is 9.94. The number of imide groups is 1. The molecule has 11 heteroatoms. The first-order valence-corrected chi connectivity index (χ1v) is 14.4. The molecule has 2 aliphatic heterocycles. The van der Waals surface area contributed by atoms with E-state index < -0.39 is 21.8 Å². The average Bonchev–Trinajstić information content (AvgIpc) is 3.27. The fraction of sp³-hybridized carbons (Fsp3) is 0.276. The lowest BCUT2D eigenvalue weighted by Crippen LogP contribution is -2.44. The number of fused-ring (bicyclic) bond motifs is 4. The maximum Gasteiger partial charge on any atom is 0.259 e. The zero-order chi connectivity index (χ0) is 28.0. The second kappa shape index (κ2) is 10.2. The van der Waals surface area contributed by atoms with Crippen molar-refractivity contribution in [2.24, 2.45) is 0 Å². The van der Waals surface area contributed by atoms with E-state index in [1.165, 1.54) is 11.4 Å². The molecule has 0 aliphatic carbocycles. The van der Waals surface area contributed by atoms with Crippen LogP contribution >= 0.6 is 0 Å². The van der Waals surface area contributed by atoms with Gasteiger partial charge in [-0.05, 0) is 59.5 Å². The van der Waals surface area contributed by atoms with Gasteiger partial charge in [-0.3, -0.25) is 19.9 Å². The van der Waals surface area contributed by atoms with Crippen LogP contribution in [-0.2, 0) is 16.6 Å². The van der Waals surface area contributed by atoms with Crippen molar-refractivity contribution in [1.82, 2.24) is 19.9 Å². The zero-order valence-electron chi connectivity index (χ0n) is 22.1. The van der Waals surface area contributed by atoms with E-state index in [1.807, 2.05) is 18.2 Å². The molecule has 0 atom stereocenters. The molecule has 1 saturated heterocycles. The Bertz CT molecular complexity index is 1780. The third-order valence-electron chi connectivity index (χ3n) is 7.67. The van der Waals surface area contributed by atoms with Gasteiger partial charge in [0.2, 0.25) is 10.0 Å². The Labute approximate surface area is 231 Å². The minimum absolute atomic E-state index is 0.0657. The van der Waals surface area contributed by atoms with Gasteiger partial charge in [0, 0.05) is 37.3 Å². The summed E-state index contributed by atoms with van der Waals surface area (Å²) in [5, 5.41) is 8.08. The van der Waals surface area contributed by atoms with E-state index in [1.54, 1.807) is 43.6 Å². The number of ether oxygens (including phenoxy) is 2. The molecule has 1 aromatic heterocycles. The van der Waals surface area contributed by atoms with Crippen LogP contribution in [0.3, 0.4) is 0 Å². The first-order chi connectivity index (χ1) is 19.3. The Morgan fingerprint density at radius 2 is 1.68 bits per heavy atom. The Kier molecular flexibility index (Phi) is 6.65. The van der Waals surface area contributed by atoms with Crippen LogP contribution in [0.25, 0.3) is 21.7 Å². The number of carbonyl (C=O) groups excluding carboxylic acids is 2. The van der Waals surface area contributed by atoms with Gasteiger partial charge in [0.25, 0.3) is 11.8 Å². The van der Waals surface area contributed by atoms with E-state index in [0.717, 1.165) is 16.3 Å². The molecule has 2 amide bonds. The topological polar surface area (TPSA) is 127 Å². The van der Waals surface area contributed by atoms with Crippen molar-refractivity contribution in [3.05, 3.63) is 71.4 Å². The van der Waals surface area contributed by atoms with Crippen LogP contribution in [0.5, 0.6) is 11.5 Å². The van der Waals surface area contributed by atoms with E-state index >= 15 is 0 Å². The molecule has 6 rings (SSSR count). The Balaban J connectivity index is 1.22. The minimum Gasteiger partial charge on any atom is -0.493 e. The summed E-state index contributed by atoms with van der Waals surface area (Å²) in [6.07, 6.45) is 2.85. The molecule has 10 nitrogen and oxygen atoms in total. The molecule has 0 radical (unpaired) electrons. The quantitative estimate of drug-likeness (QED) is 0.330. The van der Waals surface area contributed by atoms with Gasteiger partial charge < -0.3 is 14.8 Å².